The molecular weight excluding hydrogens is 238 g/mol. The van der Waals surface area contributed by atoms with E-state index in [0.717, 1.165) is 0 Å². The summed E-state index contributed by atoms with van der Waals surface area (Å²) in [6.45, 7) is 2.08. The smallest absolute Gasteiger partial charge is 0.258 e. The van der Waals surface area contributed by atoms with Crippen LogP contribution in [0.3, 0.4) is 0 Å². The van der Waals surface area contributed by atoms with E-state index in [2.05, 4.69) is 19.1 Å². The van der Waals surface area contributed by atoms with E-state index in [9.17, 15) is 10.1 Å². The predicted octanol–water partition coefficient (Wildman–Crippen LogP) is 4.24. The molecule has 0 aliphatic carbocycles. The molecule has 0 unspecified atom stereocenters. The summed E-state index contributed by atoms with van der Waals surface area (Å²) >= 11 is 5.48. The molecule has 3 nitrogen and oxygen atoms in total. The SMILES string of the molecule is Cc1ccccc1.O=[N+]([O-])c1ccccc1Cl. The molecule has 0 atom stereocenters. The maximum atomic E-state index is 10.1. The van der Waals surface area contributed by atoms with Crippen molar-refractivity contribution in [3.8, 4) is 0 Å². The van der Waals surface area contributed by atoms with Crippen LogP contribution in [0, 0.1) is 17.0 Å². The van der Waals surface area contributed by atoms with Gasteiger partial charge in [-0.1, -0.05) is 59.6 Å². The molecule has 0 N–H and O–H groups in total. The van der Waals surface area contributed by atoms with Gasteiger partial charge in [-0.2, -0.15) is 0 Å². The Morgan fingerprint density at radius 1 is 1.00 bits per heavy atom. The summed E-state index contributed by atoms with van der Waals surface area (Å²) in [6.07, 6.45) is 0. The Bertz CT molecular complexity index is 486. The van der Waals surface area contributed by atoms with E-state index >= 15 is 0 Å². The fourth-order valence-corrected chi connectivity index (χ4v) is 1.34. The van der Waals surface area contributed by atoms with Crippen molar-refractivity contribution >= 4 is 17.3 Å². The number of hydrogen-bond donors (Lipinski definition) is 0. The first-order valence-corrected chi connectivity index (χ1v) is 5.39. The van der Waals surface area contributed by atoms with Gasteiger partial charge in [-0.25, -0.2) is 0 Å². The Labute approximate surface area is 105 Å². The van der Waals surface area contributed by atoms with Gasteiger partial charge in [-0.15, -0.1) is 0 Å². The first kappa shape index (κ1) is 13.2. The molecule has 0 bridgehead atoms. The van der Waals surface area contributed by atoms with Crippen molar-refractivity contribution in [3.05, 3.63) is 75.3 Å². The molecule has 2 rings (SSSR count). The molecule has 0 amide bonds. The quantitative estimate of drug-likeness (QED) is 0.560. The molecule has 0 saturated heterocycles. The van der Waals surface area contributed by atoms with Gasteiger partial charge in [0.25, 0.3) is 5.69 Å². The summed E-state index contributed by atoms with van der Waals surface area (Å²) in [7, 11) is 0. The van der Waals surface area contributed by atoms with Crippen molar-refractivity contribution < 1.29 is 4.92 Å². The van der Waals surface area contributed by atoms with Crippen molar-refractivity contribution in [2.75, 3.05) is 0 Å². The van der Waals surface area contributed by atoms with E-state index in [1.807, 2.05) is 18.2 Å². The summed E-state index contributed by atoms with van der Waals surface area (Å²) in [6, 6.07) is 16.3. The minimum atomic E-state index is -0.512. The van der Waals surface area contributed by atoms with Crippen molar-refractivity contribution in [2.45, 2.75) is 6.92 Å². The fourth-order valence-electron chi connectivity index (χ4n) is 1.13. The zero-order valence-corrected chi connectivity index (χ0v) is 10.1. The van der Waals surface area contributed by atoms with Gasteiger partial charge in [0.2, 0.25) is 0 Å². The van der Waals surface area contributed by atoms with Crippen LogP contribution in [-0.4, -0.2) is 4.92 Å². The summed E-state index contributed by atoms with van der Waals surface area (Å²) in [5.74, 6) is 0. The second kappa shape index (κ2) is 6.66. The van der Waals surface area contributed by atoms with Crippen molar-refractivity contribution in [1.82, 2.24) is 0 Å². The Morgan fingerprint density at radius 2 is 1.53 bits per heavy atom. The van der Waals surface area contributed by atoms with Crippen LogP contribution < -0.4 is 0 Å². The Balaban J connectivity index is 0.000000181. The van der Waals surface area contributed by atoms with E-state index in [1.165, 1.54) is 17.7 Å². The maximum Gasteiger partial charge on any atom is 0.287 e. The second-order valence-electron chi connectivity index (χ2n) is 3.36. The number of para-hydroxylation sites is 1. The van der Waals surface area contributed by atoms with Crippen LogP contribution in [0.4, 0.5) is 5.69 Å². The highest BCUT2D eigenvalue weighted by atomic mass is 35.5. The van der Waals surface area contributed by atoms with Crippen LogP contribution in [0.1, 0.15) is 5.56 Å². The fraction of sp³-hybridized carbons (Fsp3) is 0.0769. The normalized spacial score (nSPS) is 9.06. The Kier molecular flexibility index (Phi) is 5.17. The number of halogens is 1. The van der Waals surface area contributed by atoms with Crippen molar-refractivity contribution in [2.24, 2.45) is 0 Å². The number of benzene rings is 2. The Morgan fingerprint density at radius 3 is 1.88 bits per heavy atom. The van der Waals surface area contributed by atoms with Gasteiger partial charge in [0, 0.05) is 6.07 Å². The lowest BCUT2D eigenvalue weighted by atomic mass is 10.2. The van der Waals surface area contributed by atoms with E-state index in [4.69, 9.17) is 11.6 Å². The third-order valence-corrected chi connectivity index (χ3v) is 2.31. The number of nitrogens with zero attached hydrogens (tertiary/aromatic N) is 1. The van der Waals surface area contributed by atoms with Crippen LogP contribution in [0.2, 0.25) is 5.02 Å². The molecular formula is C13H12ClNO2. The molecule has 0 radical (unpaired) electrons. The highest BCUT2D eigenvalue weighted by molar-refractivity contribution is 6.32. The standard InChI is InChI=1S/C7H8.C6H4ClNO2/c1-7-5-3-2-4-6-7;7-5-3-1-2-4-6(5)8(9)10/h2-6H,1H3;1-4H. The molecule has 0 heterocycles. The summed E-state index contributed by atoms with van der Waals surface area (Å²) in [4.78, 5) is 9.63. The predicted molar refractivity (Wildman–Crippen MR) is 69.3 cm³/mol. The lowest BCUT2D eigenvalue weighted by Crippen LogP contribution is -1.87. The molecule has 0 aliphatic heterocycles. The number of rotatable bonds is 1. The Hall–Kier alpha value is -1.87. The molecule has 0 fully saturated rings. The van der Waals surface area contributed by atoms with Crippen LogP contribution in [-0.2, 0) is 0 Å². The lowest BCUT2D eigenvalue weighted by molar-refractivity contribution is -0.384. The molecule has 17 heavy (non-hydrogen) atoms. The zero-order valence-electron chi connectivity index (χ0n) is 9.34. The molecule has 0 saturated carbocycles. The monoisotopic (exact) mass is 249 g/mol. The highest BCUT2D eigenvalue weighted by Gasteiger charge is 2.08. The largest absolute Gasteiger partial charge is 0.287 e. The third kappa shape index (κ3) is 4.66. The van der Waals surface area contributed by atoms with Gasteiger partial charge >= 0.3 is 0 Å². The van der Waals surface area contributed by atoms with Crippen molar-refractivity contribution in [3.63, 3.8) is 0 Å². The minimum Gasteiger partial charge on any atom is -0.258 e. The van der Waals surface area contributed by atoms with E-state index < -0.39 is 4.92 Å². The van der Waals surface area contributed by atoms with Crippen LogP contribution in [0.25, 0.3) is 0 Å². The average Bonchev–Trinajstić information content (AvgIpc) is 2.31. The molecule has 4 heteroatoms. The molecule has 0 aliphatic rings. The van der Waals surface area contributed by atoms with Gasteiger partial charge in [0.1, 0.15) is 5.02 Å². The van der Waals surface area contributed by atoms with Gasteiger partial charge in [0.15, 0.2) is 0 Å². The minimum absolute atomic E-state index is 0.0517. The van der Waals surface area contributed by atoms with Gasteiger partial charge in [-0.3, -0.25) is 10.1 Å². The van der Waals surface area contributed by atoms with Crippen LogP contribution in [0.15, 0.2) is 54.6 Å². The number of aryl methyl sites for hydroxylation is 1. The lowest BCUT2D eigenvalue weighted by Gasteiger charge is -1.90. The second-order valence-corrected chi connectivity index (χ2v) is 3.77. The molecule has 88 valence electrons. The van der Waals surface area contributed by atoms with Gasteiger partial charge < -0.3 is 0 Å². The molecule has 2 aromatic carbocycles. The van der Waals surface area contributed by atoms with E-state index in [1.54, 1.807) is 12.1 Å². The first-order valence-electron chi connectivity index (χ1n) is 5.02. The maximum absolute atomic E-state index is 10.1. The molecule has 2 aromatic rings. The van der Waals surface area contributed by atoms with Gasteiger partial charge in [0.05, 0.1) is 4.92 Å². The van der Waals surface area contributed by atoms with Crippen LogP contribution in [0.5, 0.6) is 0 Å². The highest BCUT2D eigenvalue weighted by Crippen LogP contribution is 2.21. The average molecular weight is 250 g/mol. The third-order valence-electron chi connectivity index (χ3n) is 1.99. The van der Waals surface area contributed by atoms with Crippen LogP contribution >= 0.6 is 11.6 Å². The van der Waals surface area contributed by atoms with Gasteiger partial charge in [-0.05, 0) is 13.0 Å². The number of hydrogen-bond acceptors (Lipinski definition) is 2. The first-order chi connectivity index (χ1) is 8.11. The van der Waals surface area contributed by atoms with Crippen molar-refractivity contribution in [1.29, 1.82) is 0 Å². The summed E-state index contributed by atoms with van der Waals surface area (Å²) < 4.78 is 0. The van der Waals surface area contributed by atoms with E-state index in [-0.39, 0.29) is 10.7 Å². The molecule has 0 spiro atoms. The summed E-state index contributed by atoms with van der Waals surface area (Å²) in [5, 5.41) is 10.3. The zero-order chi connectivity index (χ0) is 12.7. The topological polar surface area (TPSA) is 43.1 Å². The summed E-state index contributed by atoms with van der Waals surface area (Å²) in [5.41, 5.74) is 1.27. The molecule has 0 aromatic heterocycles. The van der Waals surface area contributed by atoms with E-state index in [0.29, 0.717) is 0 Å². The number of nitro groups is 1. The number of nitro benzene ring substituents is 1.